The van der Waals surface area contributed by atoms with Gasteiger partial charge in [0.2, 0.25) is 0 Å². The monoisotopic (exact) mass is 427 g/mol. The molecule has 0 atom stereocenters. The van der Waals surface area contributed by atoms with E-state index in [2.05, 4.69) is 4.72 Å². The molecule has 11 heteroatoms. The number of carbonyl (C=O) groups is 1. The molecule has 2 aromatic rings. The number of likely N-dealkylation sites (tertiary alicyclic amines) is 1. The topological polar surface area (TPSA) is 110 Å². The Bertz CT molecular complexity index is 1050. The van der Waals surface area contributed by atoms with Gasteiger partial charge in [0, 0.05) is 19.2 Å². The zero-order chi connectivity index (χ0) is 20.5. The molecule has 1 aliphatic heterocycles. The van der Waals surface area contributed by atoms with Gasteiger partial charge in [0.15, 0.2) is 0 Å². The van der Waals surface area contributed by atoms with E-state index in [1.54, 1.807) is 0 Å². The minimum atomic E-state index is -4.28. The number of hydrogen-bond donors (Lipinski definition) is 1. The molecule has 1 N–H and O–H groups in total. The van der Waals surface area contributed by atoms with Crippen LogP contribution in [-0.2, 0) is 10.0 Å². The van der Waals surface area contributed by atoms with Crippen LogP contribution in [0.4, 0.5) is 15.8 Å². The van der Waals surface area contributed by atoms with Crippen molar-refractivity contribution in [3.8, 4) is 0 Å². The van der Waals surface area contributed by atoms with Crippen LogP contribution in [0.15, 0.2) is 41.3 Å². The number of hydrogen-bond acceptors (Lipinski definition) is 5. The molecule has 1 fully saturated rings. The molecule has 148 valence electrons. The summed E-state index contributed by atoms with van der Waals surface area (Å²) in [6.45, 7) is 1.07. The lowest BCUT2D eigenvalue weighted by Gasteiger charge is -2.16. The van der Waals surface area contributed by atoms with E-state index in [1.165, 1.54) is 17.0 Å². The van der Waals surface area contributed by atoms with E-state index < -0.39 is 42.3 Å². The summed E-state index contributed by atoms with van der Waals surface area (Å²) in [6, 6.07) is 6.57. The van der Waals surface area contributed by atoms with Crippen molar-refractivity contribution in [3.63, 3.8) is 0 Å². The Kier molecular flexibility index (Phi) is 5.52. The first kappa shape index (κ1) is 20.0. The summed E-state index contributed by atoms with van der Waals surface area (Å²) < 4.78 is 41.6. The van der Waals surface area contributed by atoms with Gasteiger partial charge < -0.3 is 4.90 Å². The fourth-order valence-corrected chi connectivity index (χ4v) is 4.25. The maximum atomic E-state index is 14.4. The van der Waals surface area contributed by atoms with Crippen molar-refractivity contribution in [2.75, 3.05) is 17.8 Å². The van der Waals surface area contributed by atoms with Crippen LogP contribution in [0.3, 0.4) is 0 Å². The Balaban J connectivity index is 1.88. The summed E-state index contributed by atoms with van der Waals surface area (Å²) in [5.41, 5.74) is -0.901. The fraction of sp³-hybridized carbons (Fsp3) is 0.235. The summed E-state index contributed by atoms with van der Waals surface area (Å²) >= 11 is 5.88. The Morgan fingerprint density at radius 2 is 1.89 bits per heavy atom. The van der Waals surface area contributed by atoms with Crippen molar-refractivity contribution in [2.24, 2.45) is 0 Å². The molecule has 1 aliphatic rings. The van der Waals surface area contributed by atoms with Crippen LogP contribution < -0.4 is 4.72 Å². The third-order valence-corrected chi connectivity index (χ3v) is 6.05. The molecular formula is C17H15ClFN3O5S. The SMILES string of the molecule is O=C(c1ccc(S(=O)(=O)Nc2cccc([N+](=O)[O-])c2Cl)cc1F)N1CCCC1. The molecule has 8 nitrogen and oxygen atoms in total. The first-order valence-electron chi connectivity index (χ1n) is 8.25. The van der Waals surface area contributed by atoms with Crippen LogP contribution in [0.5, 0.6) is 0 Å². The Labute approximate surface area is 165 Å². The van der Waals surface area contributed by atoms with Gasteiger partial charge in [0.05, 0.1) is 21.1 Å². The first-order valence-corrected chi connectivity index (χ1v) is 10.1. The Hall–Kier alpha value is -2.72. The van der Waals surface area contributed by atoms with Gasteiger partial charge in [-0.15, -0.1) is 0 Å². The lowest BCUT2D eigenvalue weighted by Crippen LogP contribution is -2.28. The van der Waals surface area contributed by atoms with Gasteiger partial charge in [-0.1, -0.05) is 17.7 Å². The average Bonchev–Trinajstić information content (AvgIpc) is 3.17. The van der Waals surface area contributed by atoms with Gasteiger partial charge in [0.1, 0.15) is 10.8 Å². The van der Waals surface area contributed by atoms with Crippen LogP contribution in [0.1, 0.15) is 23.2 Å². The number of carbonyl (C=O) groups excluding carboxylic acids is 1. The maximum Gasteiger partial charge on any atom is 0.290 e. The number of nitrogens with zero attached hydrogens (tertiary/aromatic N) is 2. The molecule has 0 aliphatic carbocycles. The first-order chi connectivity index (χ1) is 13.2. The summed E-state index contributed by atoms with van der Waals surface area (Å²) in [6.07, 6.45) is 1.68. The van der Waals surface area contributed by atoms with E-state index in [0.29, 0.717) is 13.1 Å². The highest BCUT2D eigenvalue weighted by molar-refractivity contribution is 7.92. The molecule has 1 heterocycles. The largest absolute Gasteiger partial charge is 0.339 e. The van der Waals surface area contributed by atoms with E-state index in [1.807, 2.05) is 0 Å². The van der Waals surface area contributed by atoms with Crippen LogP contribution >= 0.6 is 11.6 Å². The highest BCUT2D eigenvalue weighted by atomic mass is 35.5. The summed E-state index contributed by atoms with van der Waals surface area (Å²) in [5, 5.41) is 10.5. The average molecular weight is 428 g/mol. The molecule has 1 saturated heterocycles. The number of anilines is 1. The van der Waals surface area contributed by atoms with Gasteiger partial charge in [-0.25, -0.2) is 12.8 Å². The second-order valence-electron chi connectivity index (χ2n) is 6.14. The summed E-state index contributed by atoms with van der Waals surface area (Å²) in [4.78, 5) is 23.5. The highest BCUT2D eigenvalue weighted by Crippen LogP contribution is 2.33. The summed E-state index contributed by atoms with van der Waals surface area (Å²) in [5.74, 6) is -1.46. The highest BCUT2D eigenvalue weighted by Gasteiger charge is 2.25. The smallest absolute Gasteiger partial charge is 0.290 e. The number of benzene rings is 2. The predicted molar refractivity (Wildman–Crippen MR) is 100 cm³/mol. The van der Waals surface area contributed by atoms with Crippen LogP contribution in [0.25, 0.3) is 0 Å². The predicted octanol–water partition coefficient (Wildman–Crippen LogP) is 3.42. The standard InChI is InChI=1S/C17H15ClFN3O5S/c18-16-14(4-3-5-15(16)22(24)25)20-28(26,27)11-6-7-12(13(19)10-11)17(23)21-8-1-2-9-21/h3-7,10,20H,1-2,8-9H2. The van der Waals surface area contributed by atoms with Crippen molar-refractivity contribution in [1.82, 2.24) is 4.90 Å². The number of rotatable bonds is 5. The van der Waals surface area contributed by atoms with E-state index in [0.717, 1.165) is 37.1 Å². The second-order valence-corrected chi connectivity index (χ2v) is 8.20. The zero-order valence-electron chi connectivity index (χ0n) is 14.4. The molecule has 28 heavy (non-hydrogen) atoms. The van der Waals surface area contributed by atoms with Crippen molar-refractivity contribution >= 4 is 38.9 Å². The maximum absolute atomic E-state index is 14.4. The minimum absolute atomic E-state index is 0.214. The van der Waals surface area contributed by atoms with Gasteiger partial charge in [0.25, 0.3) is 21.6 Å². The van der Waals surface area contributed by atoms with E-state index in [4.69, 9.17) is 11.6 Å². The van der Waals surface area contributed by atoms with Crippen LogP contribution in [0.2, 0.25) is 5.02 Å². The molecule has 1 amide bonds. The molecule has 0 saturated carbocycles. The molecule has 0 radical (unpaired) electrons. The third-order valence-electron chi connectivity index (χ3n) is 4.29. The van der Waals surface area contributed by atoms with Gasteiger partial charge >= 0.3 is 0 Å². The molecule has 0 spiro atoms. The zero-order valence-corrected chi connectivity index (χ0v) is 16.0. The second kappa shape index (κ2) is 7.72. The van der Waals surface area contributed by atoms with Crippen LogP contribution in [-0.4, -0.2) is 37.2 Å². The lowest BCUT2D eigenvalue weighted by atomic mass is 10.2. The van der Waals surface area contributed by atoms with E-state index in [-0.39, 0.29) is 11.3 Å². The van der Waals surface area contributed by atoms with Gasteiger partial charge in [-0.2, -0.15) is 0 Å². The van der Waals surface area contributed by atoms with Crippen molar-refractivity contribution < 1.29 is 22.5 Å². The van der Waals surface area contributed by atoms with Crippen molar-refractivity contribution in [3.05, 3.63) is 62.9 Å². The molecule has 2 aromatic carbocycles. The fourth-order valence-electron chi connectivity index (χ4n) is 2.87. The number of nitrogens with one attached hydrogen (secondary N) is 1. The number of nitro benzene ring substituents is 1. The molecule has 0 aromatic heterocycles. The van der Waals surface area contributed by atoms with Gasteiger partial charge in [-0.3, -0.25) is 19.6 Å². The molecular weight excluding hydrogens is 413 g/mol. The van der Waals surface area contributed by atoms with Crippen molar-refractivity contribution in [1.29, 1.82) is 0 Å². The van der Waals surface area contributed by atoms with Crippen molar-refractivity contribution in [2.45, 2.75) is 17.7 Å². The minimum Gasteiger partial charge on any atom is -0.339 e. The van der Waals surface area contributed by atoms with Crippen LogP contribution in [0, 0.1) is 15.9 Å². The van der Waals surface area contributed by atoms with Gasteiger partial charge in [-0.05, 0) is 37.1 Å². The summed E-state index contributed by atoms with van der Waals surface area (Å²) in [7, 11) is -4.28. The van der Waals surface area contributed by atoms with E-state index >= 15 is 0 Å². The lowest BCUT2D eigenvalue weighted by molar-refractivity contribution is -0.384. The normalized spacial score (nSPS) is 14.1. The molecule has 0 unspecified atom stereocenters. The number of sulfonamides is 1. The third kappa shape index (κ3) is 3.92. The molecule has 0 bridgehead atoms. The Morgan fingerprint density at radius 1 is 1.21 bits per heavy atom. The number of nitro groups is 1. The number of halogens is 2. The quantitative estimate of drug-likeness (QED) is 0.580. The Morgan fingerprint density at radius 3 is 2.50 bits per heavy atom. The molecule has 3 rings (SSSR count). The number of amides is 1. The van der Waals surface area contributed by atoms with E-state index in [9.17, 15) is 27.7 Å².